The number of rotatable bonds is 7. The highest BCUT2D eigenvalue weighted by Gasteiger charge is 2.64. The fraction of sp³-hybridized carbons (Fsp3) is 0.625. The lowest BCUT2D eigenvalue weighted by Crippen LogP contribution is -2.58. The normalized spacial score (nSPS) is 28.8. The quantitative estimate of drug-likeness (QED) is 0.319. The zero-order chi connectivity index (χ0) is 41.8. The van der Waals surface area contributed by atoms with E-state index in [0.29, 0.717) is 49.7 Å². The maximum Gasteiger partial charge on any atom is 0.437 e. The van der Waals surface area contributed by atoms with Crippen LogP contribution in [0.15, 0.2) is 30.4 Å². The number of alkyl carbamates (subject to hydrolysis) is 1. The Labute approximate surface area is 335 Å². The molecule has 2 aliphatic carbocycles. The summed E-state index contributed by atoms with van der Waals surface area (Å²) in [7, 11) is -2.65. The van der Waals surface area contributed by atoms with Gasteiger partial charge in [-0.2, -0.15) is 13.2 Å². The molecule has 4 amide bonds. The largest absolute Gasteiger partial charge is 0.497 e. The van der Waals surface area contributed by atoms with Gasteiger partial charge in [0.2, 0.25) is 21.8 Å². The molecule has 4 heterocycles. The number of methoxy groups -OCH3 is 1. The number of sulfonamides is 1. The average molecular weight is 834 g/mol. The lowest BCUT2D eigenvalue weighted by Gasteiger charge is -2.37. The van der Waals surface area contributed by atoms with Gasteiger partial charge in [-0.15, -0.1) is 0 Å². The van der Waals surface area contributed by atoms with Crippen LogP contribution in [0.25, 0.3) is 10.9 Å². The van der Waals surface area contributed by atoms with E-state index in [1.807, 2.05) is 19.9 Å². The van der Waals surface area contributed by atoms with E-state index in [1.54, 1.807) is 12.1 Å². The number of nitrogens with one attached hydrogen (secondary N) is 3. The molecule has 5 aliphatic rings. The van der Waals surface area contributed by atoms with Crippen molar-refractivity contribution in [2.45, 2.75) is 126 Å². The number of pyridine rings is 1. The van der Waals surface area contributed by atoms with Crippen LogP contribution in [0, 0.1) is 11.8 Å². The van der Waals surface area contributed by atoms with Crippen LogP contribution < -0.4 is 24.8 Å². The van der Waals surface area contributed by atoms with Crippen molar-refractivity contribution < 1.29 is 55.0 Å². The highest BCUT2D eigenvalue weighted by atomic mass is 32.2. The SMILES string of the molecule is COc1ccc2nc(C(F)(F)F)c3c(c2c1)CC[C@]1(C[C@H]2C(=O)N[C@]4(C(=O)NS(=O)(=O)C5(C)CC5)C[C@H]4/C=C\CCCCC[C@H](NC(=O)OCC(C)C)C(=O)N2C1)O3. The molecule has 3 N–H and O–H groups in total. The number of halogens is 3. The second-order valence-electron chi connectivity index (χ2n) is 17.0. The molecule has 1 aromatic heterocycles. The van der Waals surface area contributed by atoms with Crippen molar-refractivity contribution >= 4 is 44.7 Å². The van der Waals surface area contributed by atoms with Crippen LogP contribution in [0.5, 0.6) is 11.5 Å². The van der Waals surface area contributed by atoms with Gasteiger partial charge < -0.3 is 29.7 Å². The monoisotopic (exact) mass is 833 g/mol. The number of benzene rings is 1. The number of amides is 4. The molecule has 18 heteroatoms. The first-order chi connectivity index (χ1) is 27.3. The first-order valence-corrected chi connectivity index (χ1v) is 21.3. The van der Waals surface area contributed by atoms with Crippen molar-refractivity contribution in [3.05, 3.63) is 41.6 Å². The smallest absolute Gasteiger partial charge is 0.437 e. The lowest BCUT2D eigenvalue weighted by molar-refractivity contribution is -0.144. The molecule has 0 unspecified atom stereocenters. The molecule has 5 atom stereocenters. The summed E-state index contributed by atoms with van der Waals surface area (Å²) in [5.74, 6) is -3.05. The second kappa shape index (κ2) is 15.2. The number of alkyl halides is 3. The molecule has 0 bridgehead atoms. The predicted molar refractivity (Wildman–Crippen MR) is 204 cm³/mol. The van der Waals surface area contributed by atoms with Crippen molar-refractivity contribution in [2.24, 2.45) is 11.8 Å². The summed E-state index contributed by atoms with van der Waals surface area (Å²) >= 11 is 0. The maximum atomic E-state index is 14.7. The van der Waals surface area contributed by atoms with Gasteiger partial charge in [-0.1, -0.05) is 38.8 Å². The average Bonchev–Trinajstić information content (AvgIpc) is 4.06. The Morgan fingerprint density at radius 1 is 1.12 bits per heavy atom. The van der Waals surface area contributed by atoms with Crippen LogP contribution in [0.1, 0.15) is 96.2 Å². The minimum atomic E-state index is -4.93. The minimum absolute atomic E-state index is 0.00691. The van der Waals surface area contributed by atoms with E-state index in [4.69, 9.17) is 14.2 Å². The van der Waals surface area contributed by atoms with E-state index >= 15 is 0 Å². The topological polar surface area (TPSA) is 182 Å². The summed E-state index contributed by atoms with van der Waals surface area (Å²) in [6.07, 6.45) is 1.32. The van der Waals surface area contributed by atoms with Crippen molar-refractivity contribution in [3.8, 4) is 11.5 Å². The highest BCUT2D eigenvalue weighted by molar-refractivity contribution is 7.91. The molecule has 316 valence electrons. The number of fused-ring (bicyclic) bond motifs is 5. The molecule has 14 nitrogen and oxygen atoms in total. The predicted octanol–water partition coefficient (Wildman–Crippen LogP) is 5.07. The number of allylic oxidation sites excluding steroid dienone is 1. The fourth-order valence-electron chi connectivity index (χ4n) is 8.25. The molecule has 1 aromatic carbocycles. The fourth-order valence-corrected chi connectivity index (χ4v) is 9.57. The van der Waals surface area contributed by atoms with Gasteiger partial charge >= 0.3 is 12.3 Å². The van der Waals surface area contributed by atoms with Crippen LogP contribution >= 0.6 is 0 Å². The van der Waals surface area contributed by atoms with Crippen molar-refractivity contribution in [1.29, 1.82) is 0 Å². The zero-order valence-corrected chi connectivity index (χ0v) is 33.8. The summed E-state index contributed by atoms with van der Waals surface area (Å²) in [4.78, 5) is 61.4. The van der Waals surface area contributed by atoms with Gasteiger partial charge in [-0.3, -0.25) is 19.1 Å². The molecule has 2 aromatic rings. The number of ether oxygens (including phenoxy) is 3. The number of hydrogen-bond acceptors (Lipinski definition) is 10. The van der Waals surface area contributed by atoms with Crippen molar-refractivity contribution in [2.75, 3.05) is 20.3 Å². The first-order valence-electron chi connectivity index (χ1n) is 19.9. The third-order valence-corrected chi connectivity index (χ3v) is 14.3. The molecule has 7 rings (SSSR count). The number of aryl methyl sites for hydroxylation is 1. The number of carbonyl (C=O) groups excluding carboxylic acids is 4. The van der Waals surface area contributed by atoms with Crippen LogP contribution in [0.3, 0.4) is 0 Å². The summed E-state index contributed by atoms with van der Waals surface area (Å²) in [6, 6.07) is 1.98. The van der Waals surface area contributed by atoms with Crippen LogP contribution in [0.2, 0.25) is 0 Å². The zero-order valence-electron chi connectivity index (χ0n) is 33.0. The van der Waals surface area contributed by atoms with Crippen molar-refractivity contribution in [3.63, 3.8) is 0 Å². The molecular formula is C40H50F3N5O9S. The van der Waals surface area contributed by atoms with Gasteiger partial charge in [0.25, 0.3) is 5.91 Å². The molecular weight excluding hydrogens is 784 g/mol. The van der Waals surface area contributed by atoms with E-state index in [0.717, 1.165) is 0 Å². The summed E-state index contributed by atoms with van der Waals surface area (Å²) in [6.45, 7) is 4.99. The molecule has 3 aliphatic heterocycles. The van der Waals surface area contributed by atoms with Gasteiger partial charge in [-0.25, -0.2) is 18.2 Å². The van der Waals surface area contributed by atoms with Crippen LogP contribution in [0.4, 0.5) is 18.0 Å². The van der Waals surface area contributed by atoms with E-state index in [-0.39, 0.29) is 62.3 Å². The first kappa shape index (κ1) is 41.5. The Hall–Kier alpha value is -4.61. The van der Waals surface area contributed by atoms with Crippen LogP contribution in [-0.2, 0) is 41.7 Å². The minimum Gasteiger partial charge on any atom is -0.497 e. The van der Waals surface area contributed by atoms with E-state index < -0.39 is 85.3 Å². The molecule has 3 fully saturated rings. The summed E-state index contributed by atoms with van der Waals surface area (Å²) in [5.41, 5.74) is -4.09. The molecule has 2 saturated carbocycles. The van der Waals surface area contributed by atoms with Gasteiger partial charge in [0.15, 0.2) is 11.4 Å². The molecule has 58 heavy (non-hydrogen) atoms. The Morgan fingerprint density at radius 2 is 1.88 bits per heavy atom. The Morgan fingerprint density at radius 3 is 2.57 bits per heavy atom. The third-order valence-electron chi connectivity index (χ3n) is 12.1. The Bertz CT molecular complexity index is 2140. The summed E-state index contributed by atoms with van der Waals surface area (Å²) < 4.78 is 88.7. The Kier molecular flexibility index (Phi) is 10.9. The summed E-state index contributed by atoms with van der Waals surface area (Å²) in [5, 5.41) is 5.85. The molecule has 1 spiro atoms. The van der Waals surface area contributed by atoms with Gasteiger partial charge in [0.1, 0.15) is 29.0 Å². The van der Waals surface area contributed by atoms with Gasteiger partial charge in [0, 0.05) is 23.3 Å². The highest BCUT2D eigenvalue weighted by Crippen LogP contribution is 2.50. The molecule has 1 saturated heterocycles. The van der Waals surface area contributed by atoms with Crippen molar-refractivity contribution in [1.82, 2.24) is 25.2 Å². The van der Waals surface area contributed by atoms with Gasteiger partial charge in [-0.05, 0) is 82.4 Å². The third kappa shape index (κ3) is 8.04. The number of carbonyl (C=O) groups is 4. The van der Waals surface area contributed by atoms with E-state index in [2.05, 4.69) is 20.3 Å². The molecule has 0 radical (unpaired) electrons. The number of nitrogens with zero attached hydrogens (tertiary/aromatic N) is 2. The van der Waals surface area contributed by atoms with E-state index in [9.17, 15) is 40.8 Å². The second-order valence-corrected chi connectivity index (χ2v) is 19.2. The number of hydrogen-bond donors (Lipinski definition) is 3. The maximum absolute atomic E-state index is 14.7. The lowest BCUT2D eigenvalue weighted by atomic mass is 9.87. The Balaban J connectivity index is 1.26. The van der Waals surface area contributed by atoms with Crippen LogP contribution in [-0.4, -0.2) is 90.3 Å². The standard InChI is InChI=1S/C40H50F3N5O9S/c1-23(2)21-56-36(52)45-29-11-9-7-5-6-8-10-24-19-39(24,35(51)47-58(53,54)37(3)16-17-37)46-33(49)30-20-38(22-48(30)34(29)50)15-14-26-27-18-25(55-4)12-13-28(27)44-32(31(26)57-38)40(41,42)43/h8,10,12-13,18,23-24,29-30H,5-7,9,11,14-17,19-22H2,1-4H3,(H,45,52)(H,46,49)(H,47,51)/b10-8-/t24-,29+,30+,38-,39-/m1/s1. The van der Waals surface area contributed by atoms with Gasteiger partial charge in [0.05, 0.1) is 30.5 Å². The van der Waals surface area contributed by atoms with E-state index in [1.165, 1.54) is 31.1 Å². The number of aromatic nitrogens is 1.